The summed E-state index contributed by atoms with van der Waals surface area (Å²) in [7, 11) is 1.76. The van der Waals surface area contributed by atoms with Crippen molar-refractivity contribution in [3.05, 3.63) is 29.3 Å². The number of nitrogens with one attached hydrogen (secondary N) is 1. The summed E-state index contributed by atoms with van der Waals surface area (Å²) in [6.45, 7) is 8.91. The van der Waals surface area contributed by atoms with Gasteiger partial charge < -0.3 is 10.1 Å². The SMILES string of the molecule is COc1ccc(C)cc1CN1CCNC(C)(C2CC2)C1. The number of benzene rings is 1. The molecule has 3 heteroatoms. The lowest BCUT2D eigenvalue weighted by Crippen LogP contribution is -2.59. The van der Waals surface area contributed by atoms with E-state index < -0.39 is 0 Å². The molecule has 1 aliphatic heterocycles. The number of hydrogen-bond acceptors (Lipinski definition) is 3. The van der Waals surface area contributed by atoms with Crippen molar-refractivity contribution >= 4 is 0 Å². The van der Waals surface area contributed by atoms with Crippen molar-refractivity contribution < 1.29 is 4.74 Å². The highest BCUT2D eigenvalue weighted by Gasteiger charge is 2.43. The smallest absolute Gasteiger partial charge is 0.123 e. The molecule has 1 unspecified atom stereocenters. The topological polar surface area (TPSA) is 24.5 Å². The third-order valence-corrected chi connectivity index (χ3v) is 4.82. The Bertz CT molecular complexity index is 484. The zero-order valence-corrected chi connectivity index (χ0v) is 12.9. The molecule has 1 aromatic carbocycles. The maximum atomic E-state index is 5.51. The van der Waals surface area contributed by atoms with Crippen LogP contribution in [-0.4, -0.2) is 37.2 Å². The second-order valence-electron chi connectivity index (χ2n) is 6.64. The first kappa shape index (κ1) is 13.9. The molecule has 2 aliphatic rings. The summed E-state index contributed by atoms with van der Waals surface area (Å²) in [5, 5.41) is 3.74. The average Bonchev–Trinajstić information content (AvgIpc) is 3.24. The number of hydrogen-bond donors (Lipinski definition) is 1. The summed E-state index contributed by atoms with van der Waals surface area (Å²) in [6, 6.07) is 6.47. The Morgan fingerprint density at radius 2 is 2.20 bits per heavy atom. The summed E-state index contributed by atoms with van der Waals surface area (Å²) in [6.07, 6.45) is 2.79. The molecule has 0 radical (unpaired) electrons. The molecule has 3 rings (SSSR count). The molecule has 20 heavy (non-hydrogen) atoms. The van der Waals surface area contributed by atoms with Crippen LogP contribution in [0, 0.1) is 12.8 Å². The lowest BCUT2D eigenvalue weighted by molar-refractivity contribution is 0.120. The fourth-order valence-corrected chi connectivity index (χ4v) is 3.50. The van der Waals surface area contributed by atoms with Crippen LogP contribution in [-0.2, 0) is 6.54 Å². The highest BCUT2D eigenvalue weighted by atomic mass is 16.5. The minimum absolute atomic E-state index is 0.315. The third-order valence-electron chi connectivity index (χ3n) is 4.82. The fourth-order valence-electron chi connectivity index (χ4n) is 3.50. The van der Waals surface area contributed by atoms with Gasteiger partial charge in [-0.25, -0.2) is 0 Å². The molecular weight excluding hydrogens is 248 g/mol. The van der Waals surface area contributed by atoms with E-state index >= 15 is 0 Å². The predicted octanol–water partition coefficient (Wildman–Crippen LogP) is 2.58. The minimum atomic E-state index is 0.315. The lowest BCUT2D eigenvalue weighted by Gasteiger charge is -2.42. The van der Waals surface area contributed by atoms with Crippen molar-refractivity contribution in [1.82, 2.24) is 10.2 Å². The Labute approximate surface area is 122 Å². The van der Waals surface area contributed by atoms with E-state index in [4.69, 9.17) is 4.74 Å². The normalized spacial score (nSPS) is 27.6. The number of piperazine rings is 1. The average molecular weight is 274 g/mol. The number of ether oxygens (including phenoxy) is 1. The van der Waals surface area contributed by atoms with Crippen LogP contribution in [0.5, 0.6) is 5.75 Å². The number of nitrogens with zero attached hydrogens (tertiary/aromatic N) is 1. The van der Waals surface area contributed by atoms with Crippen molar-refractivity contribution in [3.63, 3.8) is 0 Å². The van der Waals surface area contributed by atoms with Crippen molar-refractivity contribution in [2.75, 3.05) is 26.7 Å². The Hall–Kier alpha value is -1.06. The molecule has 1 aromatic rings. The lowest BCUT2D eigenvalue weighted by atomic mass is 9.92. The number of aryl methyl sites for hydroxylation is 1. The summed E-state index contributed by atoms with van der Waals surface area (Å²) in [4.78, 5) is 2.58. The number of rotatable bonds is 4. The molecule has 1 heterocycles. The molecule has 1 N–H and O–H groups in total. The van der Waals surface area contributed by atoms with E-state index in [1.807, 2.05) is 0 Å². The quantitative estimate of drug-likeness (QED) is 0.913. The molecule has 0 bridgehead atoms. The number of methoxy groups -OCH3 is 1. The maximum Gasteiger partial charge on any atom is 0.123 e. The summed E-state index contributed by atoms with van der Waals surface area (Å²) < 4.78 is 5.51. The fraction of sp³-hybridized carbons (Fsp3) is 0.647. The molecule has 0 amide bonds. The first-order valence-electron chi connectivity index (χ1n) is 7.71. The molecule has 1 atom stereocenters. The predicted molar refractivity (Wildman–Crippen MR) is 82.1 cm³/mol. The van der Waals surface area contributed by atoms with Gasteiger partial charge in [-0.1, -0.05) is 17.7 Å². The molecule has 1 saturated carbocycles. The van der Waals surface area contributed by atoms with Gasteiger partial charge in [0.25, 0.3) is 0 Å². The van der Waals surface area contributed by atoms with E-state index in [1.165, 1.54) is 24.0 Å². The molecule has 1 saturated heterocycles. The standard InChI is InChI=1S/C17H26N2O/c1-13-4-7-16(20-3)14(10-13)11-19-9-8-18-17(2,12-19)15-5-6-15/h4,7,10,15,18H,5-6,8-9,11-12H2,1-3H3. The second-order valence-corrected chi connectivity index (χ2v) is 6.64. The summed E-state index contributed by atoms with van der Waals surface area (Å²) in [5.41, 5.74) is 2.93. The van der Waals surface area contributed by atoms with Gasteiger partial charge >= 0.3 is 0 Å². The van der Waals surface area contributed by atoms with Gasteiger partial charge in [-0.15, -0.1) is 0 Å². The van der Waals surface area contributed by atoms with Crippen LogP contribution in [0.3, 0.4) is 0 Å². The van der Waals surface area contributed by atoms with Crippen LogP contribution in [0.4, 0.5) is 0 Å². The van der Waals surface area contributed by atoms with Crippen LogP contribution >= 0.6 is 0 Å². The zero-order valence-electron chi connectivity index (χ0n) is 12.9. The molecule has 1 aliphatic carbocycles. The third kappa shape index (κ3) is 2.84. The van der Waals surface area contributed by atoms with Gasteiger partial charge in [0, 0.05) is 37.3 Å². The van der Waals surface area contributed by atoms with E-state index in [0.717, 1.165) is 37.8 Å². The first-order valence-corrected chi connectivity index (χ1v) is 7.71. The van der Waals surface area contributed by atoms with Crippen LogP contribution in [0.25, 0.3) is 0 Å². The van der Waals surface area contributed by atoms with Gasteiger partial charge in [0.2, 0.25) is 0 Å². The van der Waals surface area contributed by atoms with Crippen molar-refractivity contribution in [2.45, 2.75) is 38.8 Å². The van der Waals surface area contributed by atoms with Crippen molar-refractivity contribution in [3.8, 4) is 5.75 Å². The summed E-state index contributed by atoms with van der Waals surface area (Å²) >= 11 is 0. The molecule has 3 nitrogen and oxygen atoms in total. The van der Waals surface area contributed by atoms with Crippen LogP contribution < -0.4 is 10.1 Å². The first-order chi connectivity index (χ1) is 9.60. The zero-order chi connectivity index (χ0) is 14.2. The van der Waals surface area contributed by atoms with E-state index in [0.29, 0.717) is 5.54 Å². The van der Waals surface area contributed by atoms with Crippen molar-refractivity contribution in [1.29, 1.82) is 0 Å². The van der Waals surface area contributed by atoms with E-state index in [2.05, 4.69) is 42.3 Å². The van der Waals surface area contributed by atoms with E-state index in [-0.39, 0.29) is 0 Å². The van der Waals surface area contributed by atoms with Gasteiger partial charge in [0.1, 0.15) is 5.75 Å². The molecule has 0 spiro atoms. The van der Waals surface area contributed by atoms with E-state index in [9.17, 15) is 0 Å². The Balaban J connectivity index is 1.72. The monoisotopic (exact) mass is 274 g/mol. The second kappa shape index (κ2) is 5.38. The van der Waals surface area contributed by atoms with Crippen LogP contribution in [0.2, 0.25) is 0 Å². The van der Waals surface area contributed by atoms with Gasteiger partial charge in [0.05, 0.1) is 7.11 Å². The molecule has 110 valence electrons. The Kier molecular flexibility index (Phi) is 3.74. The minimum Gasteiger partial charge on any atom is -0.496 e. The highest BCUT2D eigenvalue weighted by molar-refractivity contribution is 5.36. The molecular formula is C17H26N2O. The van der Waals surface area contributed by atoms with Crippen molar-refractivity contribution in [2.24, 2.45) is 5.92 Å². The van der Waals surface area contributed by atoms with Gasteiger partial charge in [-0.3, -0.25) is 4.90 Å². The molecule has 0 aromatic heterocycles. The van der Waals surface area contributed by atoms with Gasteiger partial charge in [-0.05, 0) is 38.7 Å². The van der Waals surface area contributed by atoms with Crippen LogP contribution in [0.1, 0.15) is 30.9 Å². The maximum absolute atomic E-state index is 5.51. The van der Waals surface area contributed by atoms with Gasteiger partial charge in [-0.2, -0.15) is 0 Å². The highest BCUT2D eigenvalue weighted by Crippen LogP contribution is 2.41. The van der Waals surface area contributed by atoms with Gasteiger partial charge in [0.15, 0.2) is 0 Å². The Morgan fingerprint density at radius 3 is 2.90 bits per heavy atom. The molecule has 2 fully saturated rings. The largest absolute Gasteiger partial charge is 0.496 e. The van der Waals surface area contributed by atoms with Crippen LogP contribution in [0.15, 0.2) is 18.2 Å². The van der Waals surface area contributed by atoms with E-state index in [1.54, 1.807) is 7.11 Å². The Morgan fingerprint density at radius 1 is 1.40 bits per heavy atom. The summed E-state index contributed by atoms with van der Waals surface area (Å²) in [5.74, 6) is 1.90.